The zero-order valence-corrected chi connectivity index (χ0v) is 17.6. The molecular weight excluding hydrogens is 408 g/mol. The van der Waals surface area contributed by atoms with Crippen LogP contribution in [0.2, 0.25) is 5.02 Å². The van der Waals surface area contributed by atoms with Gasteiger partial charge in [0.1, 0.15) is 0 Å². The van der Waals surface area contributed by atoms with E-state index >= 15 is 0 Å². The number of amides is 1. The summed E-state index contributed by atoms with van der Waals surface area (Å²) in [6.07, 6.45) is 0.534. The van der Waals surface area contributed by atoms with Crippen molar-refractivity contribution in [1.29, 1.82) is 0 Å². The number of hydrogen-bond donors (Lipinski definition) is 0. The molecule has 9 nitrogen and oxygen atoms in total. The van der Waals surface area contributed by atoms with E-state index in [2.05, 4.69) is 0 Å². The topological polar surface area (TPSA) is 104 Å². The highest BCUT2D eigenvalue weighted by molar-refractivity contribution is 7.89. The Morgan fingerprint density at radius 3 is 2.50 bits per heavy atom. The van der Waals surface area contributed by atoms with Crippen LogP contribution in [0.1, 0.15) is 20.3 Å². The van der Waals surface area contributed by atoms with Gasteiger partial charge in [0.2, 0.25) is 15.9 Å². The van der Waals surface area contributed by atoms with Gasteiger partial charge in [-0.15, -0.1) is 0 Å². The van der Waals surface area contributed by atoms with Crippen molar-refractivity contribution in [3.63, 3.8) is 0 Å². The number of halogens is 1. The van der Waals surface area contributed by atoms with Crippen LogP contribution < -0.4 is 0 Å². The van der Waals surface area contributed by atoms with Crippen LogP contribution in [0.5, 0.6) is 0 Å². The molecule has 1 heterocycles. The van der Waals surface area contributed by atoms with Crippen molar-refractivity contribution in [1.82, 2.24) is 14.1 Å². The van der Waals surface area contributed by atoms with E-state index in [9.17, 15) is 23.3 Å². The zero-order chi connectivity index (χ0) is 20.9. The Hall–Kier alpha value is -1.75. The molecule has 156 valence electrons. The number of nitrogens with zero attached hydrogens (tertiary/aromatic N) is 4. The number of hydrogen-bond acceptors (Lipinski definition) is 6. The largest absolute Gasteiger partial charge is 0.342 e. The van der Waals surface area contributed by atoms with Gasteiger partial charge in [0, 0.05) is 43.8 Å². The minimum atomic E-state index is -4.04. The maximum Gasteiger partial charge on any atom is 0.290 e. The summed E-state index contributed by atoms with van der Waals surface area (Å²) in [5.41, 5.74) is -0.537. The first kappa shape index (κ1) is 22.5. The molecule has 0 aliphatic carbocycles. The minimum Gasteiger partial charge on any atom is -0.342 e. The Balaban J connectivity index is 2.15. The summed E-state index contributed by atoms with van der Waals surface area (Å²) in [5.74, 6) is 0.00893. The van der Waals surface area contributed by atoms with Crippen molar-refractivity contribution < 1.29 is 18.1 Å². The summed E-state index contributed by atoms with van der Waals surface area (Å²) in [5, 5.41) is 11.4. The van der Waals surface area contributed by atoms with Gasteiger partial charge in [-0.25, -0.2) is 8.42 Å². The lowest BCUT2D eigenvalue weighted by atomic mass is 10.3. The molecule has 1 aliphatic heterocycles. The number of nitro groups is 1. The molecule has 1 amide bonds. The monoisotopic (exact) mass is 432 g/mol. The van der Waals surface area contributed by atoms with Gasteiger partial charge in [0.15, 0.2) is 4.90 Å². The molecule has 28 heavy (non-hydrogen) atoms. The number of sulfonamides is 1. The van der Waals surface area contributed by atoms with Crippen LogP contribution in [0.25, 0.3) is 0 Å². The molecule has 0 saturated carbocycles. The van der Waals surface area contributed by atoms with E-state index < -0.39 is 20.6 Å². The third-order valence-electron chi connectivity index (χ3n) is 4.76. The SMILES string of the molecule is CCN(CC)C(=O)CN1CCCN(S(=O)(=O)c2ccc(Cl)cc2[N+](=O)[O-])CC1. The molecule has 0 N–H and O–H groups in total. The van der Waals surface area contributed by atoms with Gasteiger partial charge in [-0.1, -0.05) is 11.6 Å². The Kier molecular flexibility index (Phi) is 7.76. The lowest BCUT2D eigenvalue weighted by molar-refractivity contribution is -0.387. The fraction of sp³-hybridized carbons (Fsp3) is 0.588. The third kappa shape index (κ3) is 5.19. The van der Waals surface area contributed by atoms with Crippen LogP contribution in [-0.4, -0.2) is 79.2 Å². The molecule has 0 atom stereocenters. The van der Waals surface area contributed by atoms with Crippen LogP contribution >= 0.6 is 11.6 Å². The average Bonchev–Trinajstić information content (AvgIpc) is 2.88. The van der Waals surface area contributed by atoms with Gasteiger partial charge in [-0.05, 0) is 38.9 Å². The van der Waals surface area contributed by atoms with Crippen molar-refractivity contribution in [2.75, 3.05) is 45.8 Å². The molecule has 1 aromatic carbocycles. The van der Waals surface area contributed by atoms with Gasteiger partial charge in [0.05, 0.1) is 11.5 Å². The Morgan fingerprint density at radius 1 is 1.21 bits per heavy atom. The molecule has 1 aliphatic rings. The molecular formula is C17H25ClN4O5S. The smallest absolute Gasteiger partial charge is 0.290 e. The Bertz CT molecular complexity index is 829. The van der Waals surface area contributed by atoms with Gasteiger partial charge >= 0.3 is 0 Å². The summed E-state index contributed by atoms with van der Waals surface area (Å²) in [6.45, 7) is 6.68. The summed E-state index contributed by atoms with van der Waals surface area (Å²) in [7, 11) is -4.04. The number of carbonyl (C=O) groups excluding carboxylic acids is 1. The lowest BCUT2D eigenvalue weighted by Gasteiger charge is -2.25. The second-order valence-corrected chi connectivity index (χ2v) is 8.81. The number of benzene rings is 1. The highest BCUT2D eigenvalue weighted by Gasteiger charge is 2.33. The molecule has 1 aromatic rings. The first-order valence-corrected chi connectivity index (χ1v) is 11.0. The van der Waals surface area contributed by atoms with Crippen LogP contribution in [-0.2, 0) is 14.8 Å². The van der Waals surface area contributed by atoms with E-state index in [1.165, 1.54) is 16.4 Å². The van der Waals surface area contributed by atoms with Crippen LogP contribution in [0.3, 0.4) is 0 Å². The highest BCUT2D eigenvalue weighted by Crippen LogP contribution is 2.30. The second kappa shape index (κ2) is 9.64. The number of likely N-dealkylation sites (N-methyl/N-ethyl adjacent to an activating group) is 1. The summed E-state index contributed by atoms with van der Waals surface area (Å²) in [4.78, 5) is 26.1. The van der Waals surface area contributed by atoms with E-state index in [4.69, 9.17) is 11.6 Å². The lowest BCUT2D eigenvalue weighted by Crippen LogP contribution is -2.42. The van der Waals surface area contributed by atoms with Crippen molar-refractivity contribution in [2.45, 2.75) is 25.2 Å². The maximum atomic E-state index is 13.0. The molecule has 0 spiro atoms. The average molecular weight is 433 g/mol. The van der Waals surface area contributed by atoms with Crippen molar-refractivity contribution >= 4 is 33.2 Å². The molecule has 2 rings (SSSR count). The van der Waals surface area contributed by atoms with Crippen molar-refractivity contribution in [3.05, 3.63) is 33.3 Å². The first-order valence-electron chi connectivity index (χ1n) is 9.14. The van der Waals surface area contributed by atoms with Gasteiger partial charge in [-0.2, -0.15) is 4.31 Å². The van der Waals surface area contributed by atoms with E-state index in [1.807, 2.05) is 18.7 Å². The predicted octanol–water partition coefficient (Wildman–Crippen LogP) is 1.81. The number of nitro benzene ring substituents is 1. The van der Waals surface area contributed by atoms with E-state index in [1.54, 1.807) is 4.90 Å². The van der Waals surface area contributed by atoms with Crippen LogP contribution in [0, 0.1) is 10.1 Å². The highest BCUT2D eigenvalue weighted by atomic mass is 35.5. The number of rotatable bonds is 7. The summed E-state index contributed by atoms with van der Waals surface area (Å²) >= 11 is 5.78. The summed E-state index contributed by atoms with van der Waals surface area (Å²) < 4.78 is 27.2. The molecule has 0 bridgehead atoms. The van der Waals surface area contributed by atoms with Gasteiger partial charge in [0.25, 0.3) is 5.69 Å². The summed E-state index contributed by atoms with van der Waals surface area (Å²) in [6, 6.07) is 3.54. The van der Waals surface area contributed by atoms with Crippen molar-refractivity contribution in [2.24, 2.45) is 0 Å². The van der Waals surface area contributed by atoms with E-state index in [0.29, 0.717) is 32.6 Å². The molecule has 0 radical (unpaired) electrons. The maximum absolute atomic E-state index is 13.0. The Labute approximate surface area is 170 Å². The van der Waals surface area contributed by atoms with Crippen LogP contribution in [0.4, 0.5) is 5.69 Å². The van der Waals surface area contributed by atoms with Crippen molar-refractivity contribution in [3.8, 4) is 0 Å². The quantitative estimate of drug-likeness (QED) is 0.480. The predicted molar refractivity (Wildman–Crippen MR) is 106 cm³/mol. The fourth-order valence-electron chi connectivity index (χ4n) is 3.20. The van der Waals surface area contributed by atoms with E-state index in [0.717, 1.165) is 6.07 Å². The molecule has 1 fully saturated rings. The zero-order valence-electron chi connectivity index (χ0n) is 16.0. The molecule has 11 heteroatoms. The molecule has 1 saturated heterocycles. The number of carbonyl (C=O) groups is 1. The first-order chi connectivity index (χ1) is 13.2. The molecule has 0 unspecified atom stereocenters. The Morgan fingerprint density at radius 2 is 1.89 bits per heavy atom. The second-order valence-electron chi connectivity index (χ2n) is 6.47. The van der Waals surface area contributed by atoms with Gasteiger partial charge < -0.3 is 4.90 Å². The fourth-order valence-corrected chi connectivity index (χ4v) is 4.98. The standard InChI is InChI=1S/C17H25ClN4O5S/c1-3-20(4-2)17(23)13-19-8-5-9-21(11-10-19)28(26,27)16-7-6-14(18)12-15(16)22(24)25/h6-7,12H,3-5,8-11,13H2,1-2H3. The van der Waals surface area contributed by atoms with Crippen LogP contribution in [0.15, 0.2) is 23.1 Å². The third-order valence-corrected chi connectivity index (χ3v) is 6.94. The van der Waals surface area contributed by atoms with E-state index in [-0.39, 0.29) is 35.5 Å². The normalized spacial score (nSPS) is 16.5. The molecule has 0 aromatic heterocycles. The van der Waals surface area contributed by atoms with Gasteiger partial charge in [-0.3, -0.25) is 19.8 Å². The minimum absolute atomic E-state index is 0.00893.